The Balaban J connectivity index is 2.12. The fourth-order valence-electron chi connectivity index (χ4n) is 3.91. The van der Waals surface area contributed by atoms with Crippen LogP contribution >= 0.6 is 0 Å². The molecule has 1 aliphatic rings. The van der Waals surface area contributed by atoms with Gasteiger partial charge < -0.3 is 25.0 Å². The van der Waals surface area contributed by atoms with Crippen LogP contribution < -0.4 is 10.1 Å². The molecule has 3 N–H and O–H groups in total. The van der Waals surface area contributed by atoms with Gasteiger partial charge in [0.1, 0.15) is 29.3 Å². The molecule has 0 aromatic heterocycles. The maximum absolute atomic E-state index is 12.3. The van der Waals surface area contributed by atoms with Crippen molar-refractivity contribution >= 4 is 12.2 Å². The molecule has 7 heteroatoms. The first-order valence-corrected chi connectivity index (χ1v) is 9.16. The lowest BCUT2D eigenvalue weighted by Gasteiger charge is -2.40. The number of phenols is 2. The maximum Gasteiger partial charge on any atom is 0.251 e. The number of rotatable bonds is 4. The van der Waals surface area contributed by atoms with E-state index in [0.29, 0.717) is 45.6 Å². The Morgan fingerprint density at radius 1 is 0.967 bits per heavy atom. The molecule has 3 aromatic carbocycles. The summed E-state index contributed by atoms with van der Waals surface area (Å²) in [5.41, 5.74) is 0.857. The monoisotopic (exact) mass is 405 g/mol. The van der Waals surface area contributed by atoms with Gasteiger partial charge in [-0.15, -0.1) is 0 Å². The number of aromatic hydroxyl groups is 2. The van der Waals surface area contributed by atoms with Crippen LogP contribution in [0.15, 0.2) is 54.6 Å². The van der Waals surface area contributed by atoms with E-state index in [-0.39, 0.29) is 17.4 Å². The van der Waals surface area contributed by atoms with Crippen LogP contribution in [0, 0.1) is 0 Å². The zero-order valence-electron chi connectivity index (χ0n) is 16.3. The molecule has 0 bridgehead atoms. The predicted octanol–water partition coefficient (Wildman–Crippen LogP) is 3.31. The molecule has 4 rings (SSSR count). The third-order valence-corrected chi connectivity index (χ3v) is 5.26. The topological polar surface area (TPSA) is 105 Å². The van der Waals surface area contributed by atoms with Crippen LogP contribution in [0.2, 0.25) is 0 Å². The third-order valence-electron chi connectivity index (χ3n) is 5.26. The second-order valence-corrected chi connectivity index (χ2v) is 6.85. The first kappa shape index (κ1) is 19.5. The second-order valence-electron chi connectivity index (χ2n) is 6.85. The summed E-state index contributed by atoms with van der Waals surface area (Å²) in [6.45, 7) is 0. The molecule has 152 valence electrons. The van der Waals surface area contributed by atoms with Crippen molar-refractivity contribution in [3.05, 3.63) is 82.4 Å². The number of methoxy groups -OCH3 is 1. The molecule has 1 amide bonds. The minimum atomic E-state index is -1.33. The summed E-state index contributed by atoms with van der Waals surface area (Å²) in [5.74, 6) is 0.257. The molecule has 0 radical (unpaired) electrons. The number of fused-ring (bicyclic) bond motifs is 2. The Kier molecular flexibility index (Phi) is 4.67. The second kappa shape index (κ2) is 7.20. The summed E-state index contributed by atoms with van der Waals surface area (Å²) in [6, 6.07) is 13.8. The number of amides is 1. The van der Waals surface area contributed by atoms with Crippen LogP contribution in [-0.2, 0) is 10.3 Å². The first-order chi connectivity index (χ1) is 14.4. The SMILES string of the molecule is CNC(=O)c1ccc(C=O)c(C2(OC)c3ccc(O)cc3Oc3cc(O)ccc32)c1. The summed E-state index contributed by atoms with van der Waals surface area (Å²) in [6.07, 6.45) is 0.694. The first-order valence-electron chi connectivity index (χ1n) is 9.16. The standard InChI is InChI=1S/C23H19NO6/c1-24-22(28)13-3-4-14(12-25)19(9-13)23(29-2)17-7-5-15(26)10-20(17)30-21-11-16(27)6-8-18(21)23/h3-12,26-27H,1-2H3,(H,24,28). The number of ether oxygens (including phenoxy) is 2. The smallest absolute Gasteiger partial charge is 0.251 e. The molecular weight excluding hydrogens is 386 g/mol. The molecule has 7 nitrogen and oxygen atoms in total. The van der Waals surface area contributed by atoms with Crippen molar-refractivity contribution in [1.82, 2.24) is 5.32 Å². The number of aldehydes is 1. The number of carbonyl (C=O) groups excluding carboxylic acids is 2. The van der Waals surface area contributed by atoms with Crippen LogP contribution in [0.1, 0.15) is 37.4 Å². The predicted molar refractivity (Wildman–Crippen MR) is 108 cm³/mol. The molecule has 0 saturated heterocycles. The zero-order chi connectivity index (χ0) is 21.5. The van der Waals surface area contributed by atoms with Gasteiger partial charge in [-0.3, -0.25) is 9.59 Å². The Morgan fingerprint density at radius 3 is 2.07 bits per heavy atom. The molecule has 0 fully saturated rings. The Morgan fingerprint density at radius 2 is 1.57 bits per heavy atom. The van der Waals surface area contributed by atoms with Gasteiger partial charge in [0, 0.05) is 54.1 Å². The lowest BCUT2D eigenvalue weighted by molar-refractivity contribution is 0.0489. The summed E-state index contributed by atoms with van der Waals surface area (Å²) >= 11 is 0. The van der Waals surface area contributed by atoms with E-state index in [1.807, 2.05) is 0 Å². The fraction of sp³-hybridized carbons (Fsp3) is 0.130. The van der Waals surface area contributed by atoms with Gasteiger partial charge in [0.25, 0.3) is 5.91 Å². The van der Waals surface area contributed by atoms with Crippen molar-refractivity contribution in [2.45, 2.75) is 5.60 Å². The van der Waals surface area contributed by atoms with Gasteiger partial charge in [0.05, 0.1) is 0 Å². The lowest BCUT2D eigenvalue weighted by Crippen LogP contribution is -2.36. The summed E-state index contributed by atoms with van der Waals surface area (Å²) in [5, 5.41) is 22.5. The molecule has 0 saturated carbocycles. The minimum absolute atomic E-state index is 0.0166. The highest BCUT2D eigenvalue weighted by atomic mass is 16.5. The number of nitrogens with one attached hydrogen (secondary N) is 1. The summed E-state index contributed by atoms with van der Waals surface area (Å²) in [7, 11) is 3.01. The van der Waals surface area contributed by atoms with E-state index in [0.717, 1.165) is 0 Å². The third kappa shape index (κ3) is 2.79. The van der Waals surface area contributed by atoms with Crippen molar-refractivity contribution in [2.75, 3.05) is 14.2 Å². The van der Waals surface area contributed by atoms with Gasteiger partial charge >= 0.3 is 0 Å². The molecular formula is C23H19NO6. The summed E-state index contributed by atoms with van der Waals surface area (Å²) < 4.78 is 12.0. The van der Waals surface area contributed by atoms with Crippen LogP contribution in [0.5, 0.6) is 23.0 Å². The van der Waals surface area contributed by atoms with Crippen molar-refractivity contribution < 1.29 is 29.3 Å². The minimum Gasteiger partial charge on any atom is -0.508 e. The number of carbonyl (C=O) groups is 2. The normalized spacial score (nSPS) is 13.5. The number of hydrogen-bond acceptors (Lipinski definition) is 6. The largest absolute Gasteiger partial charge is 0.508 e. The van der Waals surface area contributed by atoms with Gasteiger partial charge in [-0.25, -0.2) is 0 Å². The van der Waals surface area contributed by atoms with Gasteiger partial charge in [-0.05, 0) is 36.4 Å². The molecule has 0 atom stereocenters. The van der Waals surface area contributed by atoms with Crippen molar-refractivity contribution in [3.8, 4) is 23.0 Å². The average Bonchev–Trinajstić information content (AvgIpc) is 2.76. The molecule has 1 aliphatic heterocycles. The lowest BCUT2D eigenvalue weighted by atomic mass is 9.75. The molecule has 0 unspecified atom stereocenters. The average molecular weight is 405 g/mol. The van der Waals surface area contributed by atoms with E-state index < -0.39 is 5.60 Å². The number of hydrogen-bond donors (Lipinski definition) is 3. The molecule has 3 aromatic rings. The maximum atomic E-state index is 12.3. The van der Waals surface area contributed by atoms with E-state index in [2.05, 4.69) is 5.32 Å². The van der Waals surface area contributed by atoms with Crippen LogP contribution in [-0.4, -0.2) is 36.6 Å². The van der Waals surface area contributed by atoms with Crippen molar-refractivity contribution in [1.29, 1.82) is 0 Å². The highest BCUT2D eigenvalue weighted by molar-refractivity contribution is 5.95. The van der Waals surface area contributed by atoms with Crippen LogP contribution in [0.3, 0.4) is 0 Å². The molecule has 0 aliphatic carbocycles. The van der Waals surface area contributed by atoms with E-state index in [9.17, 15) is 19.8 Å². The van der Waals surface area contributed by atoms with Gasteiger partial charge in [0.15, 0.2) is 5.60 Å². The fourth-order valence-corrected chi connectivity index (χ4v) is 3.91. The van der Waals surface area contributed by atoms with E-state index in [4.69, 9.17) is 9.47 Å². The van der Waals surface area contributed by atoms with Crippen molar-refractivity contribution in [2.24, 2.45) is 0 Å². The molecule has 1 heterocycles. The Labute approximate surface area is 172 Å². The van der Waals surface area contributed by atoms with Gasteiger partial charge in [-0.2, -0.15) is 0 Å². The quantitative estimate of drug-likeness (QED) is 0.575. The van der Waals surface area contributed by atoms with Crippen molar-refractivity contribution in [3.63, 3.8) is 0 Å². The van der Waals surface area contributed by atoms with E-state index in [1.165, 1.54) is 38.4 Å². The number of phenolic OH excluding ortho intramolecular Hbond substituents is 2. The van der Waals surface area contributed by atoms with Gasteiger partial charge in [-0.1, -0.05) is 6.07 Å². The van der Waals surface area contributed by atoms with E-state index >= 15 is 0 Å². The van der Waals surface area contributed by atoms with Crippen LogP contribution in [0.25, 0.3) is 0 Å². The molecule has 30 heavy (non-hydrogen) atoms. The summed E-state index contributed by atoms with van der Waals surface area (Å²) in [4.78, 5) is 24.2. The van der Waals surface area contributed by atoms with Gasteiger partial charge in [0.2, 0.25) is 0 Å². The van der Waals surface area contributed by atoms with Crippen LogP contribution in [0.4, 0.5) is 0 Å². The van der Waals surface area contributed by atoms with E-state index in [1.54, 1.807) is 30.3 Å². The number of benzene rings is 3. The molecule has 0 spiro atoms. The zero-order valence-corrected chi connectivity index (χ0v) is 16.3. The Hall–Kier alpha value is -3.84. The highest BCUT2D eigenvalue weighted by Gasteiger charge is 2.46. The Bertz CT molecular complexity index is 1120. The highest BCUT2D eigenvalue weighted by Crippen LogP contribution is 2.54.